The predicted octanol–water partition coefficient (Wildman–Crippen LogP) is 1.69. The van der Waals surface area contributed by atoms with Crippen molar-refractivity contribution in [2.24, 2.45) is 7.05 Å². The van der Waals surface area contributed by atoms with E-state index in [9.17, 15) is 18.0 Å². The van der Waals surface area contributed by atoms with Crippen molar-refractivity contribution in [1.82, 2.24) is 14.5 Å². The number of carboxylic acid groups (broad SMARTS) is 1. The van der Waals surface area contributed by atoms with E-state index in [0.29, 0.717) is 0 Å². The fraction of sp³-hybridized carbons (Fsp3) is 0.222. The quantitative estimate of drug-likeness (QED) is 0.830. The van der Waals surface area contributed by atoms with Gasteiger partial charge in [-0.15, -0.1) is 0 Å². The first-order chi connectivity index (χ1) is 7.80. The molecule has 2 aromatic rings. The van der Waals surface area contributed by atoms with E-state index >= 15 is 0 Å². The number of aromatic carboxylic acids is 1. The summed E-state index contributed by atoms with van der Waals surface area (Å²) in [5, 5.41) is 8.76. The molecule has 0 aliphatic rings. The maximum absolute atomic E-state index is 12.4. The Balaban J connectivity index is 2.70. The highest BCUT2D eigenvalue weighted by atomic mass is 19.4. The minimum absolute atomic E-state index is 0.109. The lowest BCUT2D eigenvalue weighted by molar-refractivity contribution is -0.141. The Morgan fingerprint density at radius 3 is 2.53 bits per heavy atom. The summed E-state index contributed by atoms with van der Waals surface area (Å²) in [7, 11) is 1.30. The van der Waals surface area contributed by atoms with Gasteiger partial charge in [0.25, 0.3) is 0 Å². The van der Waals surface area contributed by atoms with Gasteiger partial charge in [0, 0.05) is 7.05 Å². The normalized spacial score (nSPS) is 12.0. The second-order valence-electron chi connectivity index (χ2n) is 3.34. The number of hydrogen-bond donors (Lipinski definition) is 1. The zero-order valence-corrected chi connectivity index (χ0v) is 8.49. The lowest BCUT2D eigenvalue weighted by atomic mass is 10.3. The van der Waals surface area contributed by atoms with E-state index in [0.717, 1.165) is 16.7 Å². The van der Waals surface area contributed by atoms with Crippen LogP contribution in [0, 0.1) is 0 Å². The standard InChI is InChI=1S/C9H6F3N3O2/c1-15-6-4(13-7(15)8(16)17)2-3-5(14-6)9(10,11)12/h2-3H,1H3,(H,16,17). The number of imidazole rings is 1. The third kappa shape index (κ3) is 1.81. The average Bonchev–Trinajstić information content (AvgIpc) is 2.54. The van der Waals surface area contributed by atoms with Gasteiger partial charge in [0.1, 0.15) is 11.2 Å². The maximum Gasteiger partial charge on any atom is 0.433 e. The fourth-order valence-electron chi connectivity index (χ4n) is 1.41. The van der Waals surface area contributed by atoms with E-state index in [1.165, 1.54) is 7.05 Å². The molecule has 2 aromatic heterocycles. The summed E-state index contributed by atoms with van der Waals surface area (Å²) in [6.07, 6.45) is -4.57. The van der Waals surface area contributed by atoms with Crippen LogP contribution >= 0.6 is 0 Å². The Labute approximate surface area is 92.5 Å². The lowest BCUT2D eigenvalue weighted by Gasteiger charge is -2.05. The first kappa shape index (κ1) is 11.4. The van der Waals surface area contributed by atoms with Crippen molar-refractivity contribution in [3.63, 3.8) is 0 Å². The number of carboxylic acids is 1. The van der Waals surface area contributed by atoms with E-state index in [1.54, 1.807) is 0 Å². The second-order valence-corrected chi connectivity index (χ2v) is 3.34. The summed E-state index contributed by atoms with van der Waals surface area (Å²) < 4.78 is 38.2. The van der Waals surface area contributed by atoms with Crippen LogP contribution in [0.3, 0.4) is 0 Å². The van der Waals surface area contributed by atoms with Crippen LogP contribution in [0.5, 0.6) is 0 Å². The minimum atomic E-state index is -4.57. The van der Waals surface area contributed by atoms with Gasteiger partial charge in [-0.3, -0.25) is 0 Å². The number of aromatic nitrogens is 3. The molecule has 0 unspecified atom stereocenters. The lowest BCUT2D eigenvalue weighted by Crippen LogP contribution is -2.09. The topological polar surface area (TPSA) is 68.0 Å². The predicted molar refractivity (Wildman–Crippen MR) is 50.5 cm³/mol. The molecule has 1 N–H and O–H groups in total. The molecule has 0 saturated carbocycles. The highest BCUT2D eigenvalue weighted by Crippen LogP contribution is 2.28. The second kappa shape index (κ2) is 3.44. The van der Waals surface area contributed by atoms with Crippen molar-refractivity contribution in [3.8, 4) is 0 Å². The highest BCUT2D eigenvalue weighted by molar-refractivity contribution is 5.88. The van der Waals surface area contributed by atoms with Gasteiger partial charge in [-0.25, -0.2) is 14.8 Å². The van der Waals surface area contributed by atoms with Crippen LogP contribution in [-0.4, -0.2) is 25.6 Å². The molecular formula is C9H6F3N3O2. The first-order valence-electron chi connectivity index (χ1n) is 4.44. The summed E-state index contributed by atoms with van der Waals surface area (Å²) in [4.78, 5) is 17.8. The van der Waals surface area contributed by atoms with E-state index < -0.39 is 17.8 Å². The van der Waals surface area contributed by atoms with Crippen molar-refractivity contribution < 1.29 is 23.1 Å². The molecule has 0 bridgehead atoms. The Morgan fingerprint density at radius 1 is 1.35 bits per heavy atom. The first-order valence-corrected chi connectivity index (χ1v) is 4.44. The number of fused-ring (bicyclic) bond motifs is 1. The number of halogens is 3. The van der Waals surface area contributed by atoms with Gasteiger partial charge >= 0.3 is 12.1 Å². The molecule has 0 fully saturated rings. The summed E-state index contributed by atoms with van der Waals surface area (Å²) in [6, 6.07) is 1.86. The highest BCUT2D eigenvalue weighted by Gasteiger charge is 2.33. The van der Waals surface area contributed by atoms with Gasteiger partial charge in [0.2, 0.25) is 5.82 Å². The van der Waals surface area contributed by atoms with E-state index in [1.807, 2.05) is 0 Å². The summed E-state index contributed by atoms with van der Waals surface area (Å²) in [6.45, 7) is 0. The zero-order valence-electron chi connectivity index (χ0n) is 8.49. The van der Waals surface area contributed by atoms with Crippen LogP contribution in [-0.2, 0) is 13.2 Å². The van der Waals surface area contributed by atoms with Crippen molar-refractivity contribution in [3.05, 3.63) is 23.7 Å². The van der Waals surface area contributed by atoms with Crippen LogP contribution in [0.25, 0.3) is 11.2 Å². The number of alkyl halides is 3. The molecule has 0 aromatic carbocycles. The van der Waals surface area contributed by atoms with E-state index in [4.69, 9.17) is 5.11 Å². The Bertz CT molecular complexity index is 603. The molecule has 0 radical (unpaired) electrons. The van der Waals surface area contributed by atoms with Gasteiger partial charge < -0.3 is 9.67 Å². The minimum Gasteiger partial charge on any atom is -0.475 e. The molecule has 0 spiro atoms. The van der Waals surface area contributed by atoms with Crippen LogP contribution in [0.1, 0.15) is 16.3 Å². The number of hydrogen-bond acceptors (Lipinski definition) is 3. The monoisotopic (exact) mass is 245 g/mol. The number of pyridine rings is 1. The number of aryl methyl sites for hydroxylation is 1. The van der Waals surface area contributed by atoms with Gasteiger partial charge in [-0.05, 0) is 12.1 Å². The van der Waals surface area contributed by atoms with Gasteiger partial charge in [0.15, 0.2) is 5.65 Å². The number of rotatable bonds is 1. The third-order valence-electron chi connectivity index (χ3n) is 2.20. The van der Waals surface area contributed by atoms with Crippen molar-refractivity contribution in [2.75, 3.05) is 0 Å². The van der Waals surface area contributed by atoms with Crippen LogP contribution < -0.4 is 0 Å². The third-order valence-corrected chi connectivity index (χ3v) is 2.20. The van der Waals surface area contributed by atoms with Crippen molar-refractivity contribution in [1.29, 1.82) is 0 Å². The van der Waals surface area contributed by atoms with Gasteiger partial charge in [-0.1, -0.05) is 0 Å². The Kier molecular flexibility index (Phi) is 2.30. The largest absolute Gasteiger partial charge is 0.475 e. The number of carbonyl (C=O) groups is 1. The maximum atomic E-state index is 12.4. The van der Waals surface area contributed by atoms with Gasteiger partial charge in [-0.2, -0.15) is 13.2 Å². The molecule has 2 rings (SSSR count). The van der Waals surface area contributed by atoms with Crippen LogP contribution in [0.15, 0.2) is 12.1 Å². The molecular weight excluding hydrogens is 239 g/mol. The summed E-state index contributed by atoms with van der Waals surface area (Å²) in [5.41, 5.74) is -1.08. The summed E-state index contributed by atoms with van der Waals surface area (Å²) >= 11 is 0. The van der Waals surface area contributed by atoms with Crippen LogP contribution in [0.4, 0.5) is 13.2 Å². The van der Waals surface area contributed by atoms with Crippen molar-refractivity contribution in [2.45, 2.75) is 6.18 Å². The molecule has 2 heterocycles. The molecule has 0 saturated heterocycles. The van der Waals surface area contributed by atoms with Gasteiger partial charge in [0.05, 0.1) is 0 Å². The zero-order chi connectivity index (χ0) is 12.8. The molecule has 0 amide bonds. The average molecular weight is 245 g/mol. The Morgan fingerprint density at radius 2 is 2.00 bits per heavy atom. The van der Waals surface area contributed by atoms with E-state index in [2.05, 4.69) is 9.97 Å². The molecule has 5 nitrogen and oxygen atoms in total. The smallest absolute Gasteiger partial charge is 0.433 e. The molecule has 0 aliphatic heterocycles. The summed E-state index contributed by atoms with van der Waals surface area (Å²) in [5.74, 6) is -1.68. The SMILES string of the molecule is Cn1c(C(=O)O)nc2ccc(C(F)(F)F)nc21. The van der Waals surface area contributed by atoms with Crippen molar-refractivity contribution >= 4 is 17.1 Å². The van der Waals surface area contributed by atoms with Crippen LogP contribution in [0.2, 0.25) is 0 Å². The molecule has 90 valence electrons. The Hall–Kier alpha value is -2.12. The number of nitrogens with zero attached hydrogens (tertiary/aromatic N) is 3. The van der Waals surface area contributed by atoms with E-state index in [-0.39, 0.29) is 17.0 Å². The molecule has 0 atom stereocenters. The molecule has 0 aliphatic carbocycles. The fourth-order valence-corrected chi connectivity index (χ4v) is 1.41. The molecule has 8 heteroatoms. The molecule has 17 heavy (non-hydrogen) atoms.